The van der Waals surface area contributed by atoms with Crippen molar-refractivity contribution in [3.05, 3.63) is 65.7 Å². The molecule has 1 heterocycles. The van der Waals surface area contributed by atoms with Crippen LogP contribution in [0.4, 0.5) is 14.5 Å². The Bertz CT molecular complexity index is 837. The summed E-state index contributed by atoms with van der Waals surface area (Å²) in [6, 6.07) is 13.1. The van der Waals surface area contributed by atoms with Gasteiger partial charge < -0.3 is 9.80 Å². The molecule has 5 nitrogen and oxygen atoms in total. The Balaban J connectivity index is 1.58. The second-order valence-corrected chi connectivity index (χ2v) is 6.84. The number of piperazine rings is 1. The molecule has 0 radical (unpaired) electrons. The Morgan fingerprint density at radius 3 is 2.29 bits per heavy atom. The molecular weight excluding hydrogens is 364 g/mol. The van der Waals surface area contributed by atoms with Gasteiger partial charge >= 0.3 is 0 Å². The summed E-state index contributed by atoms with van der Waals surface area (Å²) in [6.45, 7) is 4.36. The van der Waals surface area contributed by atoms with Crippen LogP contribution >= 0.6 is 0 Å². The lowest BCUT2D eigenvalue weighted by molar-refractivity contribution is -0.132. The third-order valence-electron chi connectivity index (χ3n) is 4.85. The fraction of sp³-hybridized carbons (Fsp3) is 0.333. The first-order valence-electron chi connectivity index (χ1n) is 9.21. The van der Waals surface area contributed by atoms with Crippen molar-refractivity contribution in [2.45, 2.75) is 13.5 Å². The van der Waals surface area contributed by atoms with Gasteiger partial charge in [0, 0.05) is 45.7 Å². The highest BCUT2D eigenvalue weighted by Crippen LogP contribution is 2.21. The molecule has 0 aliphatic carbocycles. The predicted molar refractivity (Wildman–Crippen MR) is 103 cm³/mol. The number of hydrogen-bond acceptors (Lipinski definition) is 3. The number of benzene rings is 2. The van der Waals surface area contributed by atoms with E-state index < -0.39 is 17.5 Å². The number of amides is 2. The standard InChI is InChI=1S/C21H23F2N3O2/c1-16(27)26(20-8-7-18(22)13-19(20)23)15-21(28)25-11-9-24(10-12-25)14-17-5-3-2-4-6-17/h2-8,13H,9-12,14-15H2,1H3. The Hall–Kier alpha value is -2.80. The lowest BCUT2D eigenvalue weighted by Crippen LogP contribution is -2.51. The summed E-state index contributed by atoms with van der Waals surface area (Å²) < 4.78 is 27.2. The third kappa shape index (κ3) is 4.92. The van der Waals surface area contributed by atoms with E-state index in [4.69, 9.17) is 0 Å². The van der Waals surface area contributed by atoms with Crippen LogP contribution in [0.2, 0.25) is 0 Å². The first-order valence-corrected chi connectivity index (χ1v) is 9.21. The van der Waals surface area contributed by atoms with Gasteiger partial charge in [-0.1, -0.05) is 30.3 Å². The number of rotatable bonds is 5. The third-order valence-corrected chi connectivity index (χ3v) is 4.85. The summed E-state index contributed by atoms with van der Waals surface area (Å²) >= 11 is 0. The van der Waals surface area contributed by atoms with Crippen molar-refractivity contribution in [1.29, 1.82) is 0 Å². The minimum absolute atomic E-state index is 0.0926. The van der Waals surface area contributed by atoms with Crippen LogP contribution in [0.5, 0.6) is 0 Å². The highest BCUT2D eigenvalue weighted by molar-refractivity contribution is 5.97. The molecule has 2 amide bonds. The fourth-order valence-electron chi connectivity index (χ4n) is 3.30. The normalized spacial score (nSPS) is 14.8. The van der Waals surface area contributed by atoms with Crippen LogP contribution in [0.25, 0.3) is 0 Å². The van der Waals surface area contributed by atoms with Gasteiger partial charge in [0.1, 0.15) is 18.2 Å². The summed E-state index contributed by atoms with van der Waals surface area (Å²) in [4.78, 5) is 29.6. The predicted octanol–water partition coefficient (Wildman–Crippen LogP) is 2.66. The molecule has 1 saturated heterocycles. The summed E-state index contributed by atoms with van der Waals surface area (Å²) in [5.41, 5.74) is 1.13. The molecule has 0 atom stereocenters. The van der Waals surface area contributed by atoms with Crippen LogP contribution in [0.1, 0.15) is 12.5 Å². The van der Waals surface area contributed by atoms with Crippen molar-refractivity contribution in [1.82, 2.24) is 9.80 Å². The maximum atomic E-state index is 14.0. The smallest absolute Gasteiger partial charge is 0.242 e. The van der Waals surface area contributed by atoms with Gasteiger partial charge in [0.15, 0.2) is 0 Å². The van der Waals surface area contributed by atoms with Gasteiger partial charge in [-0.25, -0.2) is 8.78 Å². The molecule has 1 fully saturated rings. The number of anilines is 1. The number of hydrogen-bond donors (Lipinski definition) is 0. The molecule has 2 aromatic rings. The van der Waals surface area contributed by atoms with Gasteiger partial charge in [-0.05, 0) is 17.7 Å². The second-order valence-electron chi connectivity index (χ2n) is 6.84. The number of carbonyl (C=O) groups excluding carboxylic acids is 2. The van der Waals surface area contributed by atoms with E-state index in [1.807, 2.05) is 18.2 Å². The van der Waals surface area contributed by atoms with Crippen LogP contribution in [0.3, 0.4) is 0 Å². The average molecular weight is 387 g/mol. The Morgan fingerprint density at radius 1 is 1.00 bits per heavy atom. The first-order chi connectivity index (χ1) is 13.4. The van der Waals surface area contributed by atoms with Crippen molar-refractivity contribution >= 4 is 17.5 Å². The van der Waals surface area contributed by atoms with Crippen molar-refractivity contribution in [2.24, 2.45) is 0 Å². The van der Waals surface area contributed by atoms with E-state index in [0.29, 0.717) is 19.2 Å². The van der Waals surface area contributed by atoms with Crippen LogP contribution in [0, 0.1) is 11.6 Å². The average Bonchev–Trinajstić information content (AvgIpc) is 2.68. The second kappa shape index (κ2) is 8.93. The minimum Gasteiger partial charge on any atom is -0.339 e. The monoisotopic (exact) mass is 387 g/mol. The molecule has 7 heteroatoms. The lowest BCUT2D eigenvalue weighted by atomic mass is 10.2. The summed E-state index contributed by atoms with van der Waals surface area (Å²) in [7, 11) is 0. The van der Waals surface area contributed by atoms with Crippen LogP contribution < -0.4 is 4.90 Å². The van der Waals surface area contributed by atoms with E-state index in [1.54, 1.807) is 4.90 Å². The molecule has 0 aromatic heterocycles. The SMILES string of the molecule is CC(=O)N(CC(=O)N1CCN(Cc2ccccc2)CC1)c1ccc(F)cc1F. The number of halogens is 2. The van der Waals surface area contributed by atoms with Crippen LogP contribution in [0.15, 0.2) is 48.5 Å². The molecular formula is C21H23F2N3O2. The molecule has 1 aliphatic rings. The summed E-state index contributed by atoms with van der Waals surface area (Å²) in [5, 5.41) is 0. The van der Waals surface area contributed by atoms with Gasteiger partial charge in [-0.2, -0.15) is 0 Å². The zero-order valence-electron chi connectivity index (χ0n) is 15.8. The van der Waals surface area contributed by atoms with Gasteiger partial charge in [-0.15, -0.1) is 0 Å². The quantitative estimate of drug-likeness (QED) is 0.792. The van der Waals surface area contributed by atoms with E-state index in [0.717, 1.165) is 30.6 Å². The molecule has 0 N–H and O–H groups in total. The number of carbonyl (C=O) groups is 2. The van der Waals surface area contributed by atoms with Crippen molar-refractivity contribution in [3.8, 4) is 0 Å². The van der Waals surface area contributed by atoms with E-state index in [2.05, 4.69) is 17.0 Å². The first kappa shape index (κ1) is 19.9. The van der Waals surface area contributed by atoms with Crippen LogP contribution in [-0.2, 0) is 16.1 Å². The Kier molecular flexibility index (Phi) is 6.36. The lowest BCUT2D eigenvalue weighted by Gasteiger charge is -2.35. The summed E-state index contributed by atoms with van der Waals surface area (Å²) in [5.74, 6) is -2.32. The topological polar surface area (TPSA) is 43.9 Å². The Morgan fingerprint density at radius 2 is 1.68 bits per heavy atom. The highest BCUT2D eigenvalue weighted by Gasteiger charge is 2.25. The zero-order valence-corrected chi connectivity index (χ0v) is 15.8. The van der Waals surface area contributed by atoms with E-state index in [1.165, 1.54) is 18.6 Å². The number of nitrogens with zero attached hydrogens (tertiary/aromatic N) is 3. The minimum atomic E-state index is -0.865. The van der Waals surface area contributed by atoms with Gasteiger partial charge in [-0.3, -0.25) is 14.5 Å². The fourth-order valence-corrected chi connectivity index (χ4v) is 3.30. The maximum Gasteiger partial charge on any atom is 0.242 e. The molecule has 2 aromatic carbocycles. The van der Waals surface area contributed by atoms with E-state index in [9.17, 15) is 18.4 Å². The molecule has 0 bridgehead atoms. The Labute approximate surface area is 163 Å². The van der Waals surface area contributed by atoms with Gasteiger partial charge in [0.25, 0.3) is 0 Å². The molecule has 0 saturated carbocycles. The van der Waals surface area contributed by atoms with Crippen molar-refractivity contribution in [2.75, 3.05) is 37.6 Å². The van der Waals surface area contributed by atoms with E-state index >= 15 is 0 Å². The van der Waals surface area contributed by atoms with Crippen molar-refractivity contribution < 1.29 is 18.4 Å². The van der Waals surface area contributed by atoms with Crippen molar-refractivity contribution in [3.63, 3.8) is 0 Å². The zero-order chi connectivity index (χ0) is 20.1. The molecule has 3 rings (SSSR count). The van der Waals surface area contributed by atoms with Gasteiger partial charge in [0.2, 0.25) is 11.8 Å². The molecule has 1 aliphatic heterocycles. The van der Waals surface area contributed by atoms with Gasteiger partial charge in [0.05, 0.1) is 5.69 Å². The highest BCUT2D eigenvalue weighted by atomic mass is 19.1. The molecule has 0 spiro atoms. The molecule has 0 unspecified atom stereocenters. The summed E-state index contributed by atoms with van der Waals surface area (Å²) in [6.07, 6.45) is 0. The van der Waals surface area contributed by atoms with E-state index in [-0.39, 0.29) is 18.1 Å². The maximum absolute atomic E-state index is 14.0. The van der Waals surface area contributed by atoms with Crippen LogP contribution in [-0.4, -0.2) is 54.3 Å². The largest absolute Gasteiger partial charge is 0.339 e. The molecule has 148 valence electrons. The molecule has 28 heavy (non-hydrogen) atoms.